The van der Waals surface area contributed by atoms with Gasteiger partial charge in [-0.05, 0) is 68.4 Å². The van der Waals surface area contributed by atoms with Gasteiger partial charge in [-0.2, -0.15) is 0 Å². The van der Waals surface area contributed by atoms with Gasteiger partial charge >= 0.3 is 0 Å². The number of hydrogen-bond acceptors (Lipinski definition) is 6. The number of fused-ring (bicyclic) bond motifs is 4. The van der Waals surface area contributed by atoms with Crippen LogP contribution in [0.3, 0.4) is 0 Å². The lowest BCUT2D eigenvalue weighted by Crippen LogP contribution is -2.42. The number of amides is 3. The normalized spacial score (nSPS) is 27.1. The van der Waals surface area contributed by atoms with Crippen molar-refractivity contribution in [1.29, 1.82) is 0 Å². The molecule has 3 aromatic rings. The van der Waals surface area contributed by atoms with E-state index in [0.717, 1.165) is 6.42 Å². The lowest BCUT2D eigenvalue weighted by atomic mass is 9.82. The van der Waals surface area contributed by atoms with Crippen LogP contribution in [-0.2, 0) is 19.9 Å². The van der Waals surface area contributed by atoms with Crippen LogP contribution in [0, 0.1) is 5.92 Å². The lowest BCUT2D eigenvalue weighted by molar-refractivity contribution is -0.148. The largest absolute Gasteiger partial charge is 0.454 e. The molecule has 234 valence electrons. The van der Waals surface area contributed by atoms with E-state index in [0.29, 0.717) is 52.7 Å². The number of aliphatic hydroxyl groups is 1. The Bertz CT molecular complexity index is 1710. The van der Waals surface area contributed by atoms with E-state index in [1.54, 1.807) is 77.5 Å². The van der Waals surface area contributed by atoms with Crippen molar-refractivity contribution in [2.75, 3.05) is 23.4 Å². The Labute approximate surface area is 262 Å². The summed E-state index contributed by atoms with van der Waals surface area (Å²) in [5.41, 5.74) is 0.234. The number of benzene rings is 3. The molecule has 45 heavy (non-hydrogen) atoms. The van der Waals surface area contributed by atoms with Crippen molar-refractivity contribution in [3.8, 4) is 11.5 Å². The Hall–Kier alpha value is -4.06. The first kappa shape index (κ1) is 29.6. The van der Waals surface area contributed by atoms with E-state index in [2.05, 4.69) is 5.32 Å². The number of carbonyl (C=O) groups excluding carboxylic acids is 3. The van der Waals surface area contributed by atoms with Crippen LogP contribution in [0.1, 0.15) is 42.1 Å². The first-order valence-corrected chi connectivity index (χ1v) is 18.4. The summed E-state index contributed by atoms with van der Waals surface area (Å²) in [5, 5.41) is 12.7. The van der Waals surface area contributed by atoms with Crippen LogP contribution < -0.4 is 15.0 Å². The number of para-hydroxylation sites is 3. The molecule has 0 bridgehead atoms. The third kappa shape index (κ3) is 4.59. The quantitative estimate of drug-likeness (QED) is 0.270. The maximum absolute atomic E-state index is 16.2. The summed E-state index contributed by atoms with van der Waals surface area (Å²) in [6.07, 6.45) is 0.595. The summed E-state index contributed by atoms with van der Waals surface area (Å²) in [6.45, 7) is 5.41. The molecule has 7 rings (SSSR count). The van der Waals surface area contributed by atoms with E-state index >= 15 is 4.11 Å². The van der Waals surface area contributed by atoms with Crippen molar-refractivity contribution in [3.63, 3.8) is 0 Å². The summed E-state index contributed by atoms with van der Waals surface area (Å²) in [7, 11) is -3.48. The van der Waals surface area contributed by atoms with E-state index in [1.165, 1.54) is 0 Å². The molecule has 0 unspecified atom stereocenters. The molecule has 3 amide bonds. The highest BCUT2D eigenvalue weighted by Crippen LogP contribution is 2.59. The van der Waals surface area contributed by atoms with Crippen LogP contribution in [0.2, 0.25) is 18.6 Å². The maximum atomic E-state index is 16.2. The third-order valence-electron chi connectivity index (χ3n) is 9.89. The minimum absolute atomic E-state index is 0.0813. The molecular formula is C34H36FN3O6Si. The summed E-state index contributed by atoms with van der Waals surface area (Å²) >= 11 is 0. The Kier molecular flexibility index (Phi) is 7.10. The van der Waals surface area contributed by atoms with Crippen molar-refractivity contribution < 1.29 is 33.1 Å². The molecule has 4 aliphatic heterocycles. The molecule has 2 fully saturated rings. The van der Waals surface area contributed by atoms with Gasteiger partial charge in [-0.25, -0.2) is 0 Å². The minimum Gasteiger partial charge on any atom is -0.454 e. The second-order valence-electron chi connectivity index (χ2n) is 12.9. The second-order valence-corrected chi connectivity index (χ2v) is 16.7. The van der Waals surface area contributed by atoms with Gasteiger partial charge in [0, 0.05) is 34.9 Å². The van der Waals surface area contributed by atoms with E-state index < -0.39 is 37.5 Å². The highest BCUT2D eigenvalue weighted by Gasteiger charge is 2.65. The molecule has 5 atom stereocenters. The lowest BCUT2D eigenvalue weighted by Gasteiger charge is -2.31. The Morgan fingerprint density at radius 1 is 1.09 bits per heavy atom. The fourth-order valence-corrected chi connectivity index (χ4v) is 10.4. The SMILES string of the molecule is C[C@@H]1[C@@H]([Si](C)(C)F)[C@H](CC(=O)N2CCC[C@H]2CO)O[C@@]12C(=O)Nc1ccc(N3C(=O)c4ccccc4Oc4ccccc43)cc12. The second kappa shape index (κ2) is 10.8. The summed E-state index contributed by atoms with van der Waals surface area (Å²) in [5.74, 6) is -0.580. The van der Waals surface area contributed by atoms with Crippen LogP contribution in [-0.4, -0.2) is 61.4 Å². The molecule has 11 heteroatoms. The predicted molar refractivity (Wildman–Crippen MR) is 169 cm³/mol. The third-order valence-corrected chi connectivity index (χ3v) is 12.3. The van der Waals surface area contributed by atoms with Gasteiger partial charge in [-0.3, -0.25) is 19.3 Å². The fraction of sp³-hybridized carbons (Fsp3) is 0.382. The predicted octanol–water partition coefficient (Wildman–Crippen LogP) is 5.87. The Morgan fingerprint density at radius 3 is 2.58 bits per heavy atom. The summed E-state index contributed by atoms with van der Waals surface area (Å²) in [4.78, 5) is 44.7. The molecule has 2 N–H and O–H groups in total. The van der Waals surface area contributed by atoms with Gasteiger partial charge in [-0.15, -0.1) is 0 Å². The standard InChI is InChI=1S/C34H36FN3O6Si/c1-20-31(45(2,3)35)29(18-30(40)37-16-8-9-22(37)19-39)44-34(20)24-17-21(14-15-25(24)36-33(34)42)38-26-11-5-7-13-28(26)43-27-12-6-4-10-23(27)32(38)41/h4-7,10-15,17,20,22,29,31,39H,8-9,16,18-19H2,1-3H3,(H,36,42)/t20-,22+,29+,31-,34+/m1/s1. The Balaban J connectivity index is 1.31. The maximum Gasteiger partial charge on any atom is 0.266 e. The average Bonchev–Trinajstić information content (AvgIpc) is 3.66. The van der Waals surface area contributed by atoms with Crippen molar-refractivity contribution in [1.82, 2.24) is 4.90 Å². The zero-order chi connectivity index (χ0) is 31.7. The number of rotatable bonds is 5. The molecule has 4 heterocycles. The van der Waals surface area contributed by atoms with Crippen LogP contribution in [0.25, 0.3) is 0 Å². The molecule has 9 nitrogen and oxygen atoms in total. The van der Waals surface area contributed by atoms with Gasteiger partial charge in [-0.1, -0.05) is 31.2 Å². The number of nitrogens with one attached hydrogen (secondary N) is 1. The van der Waals surface area contributed by atoms with Crippen LogP contribution in [0.5, 0.6) is 11.5 Å². The van der Waals surface area contributed by atoms with Crippen LogP contribution in [0.15, 0.2) is 66.7 Å². The summed E-state index contributed by atoms with van der Waals surface area (Å²) < 4.78 is 29.0. The number of likely N-dealkylation sites (tertiary alicyclic amines) is 1. The van der Waals surface area contributed by atoms with Crippen molar-refractivity contribution in [2.24, 2.45) is 5.92 Å². The van der Waals surface area contributed by atoms with Gasteiger partial charge in [0.05, 0.1) is 36.4 Å². The topological polar surface area (TPSA) is 108 Å². The molecule has 1 spiro atoms. The first-order valence-electron chi connectivity index (χ1n) is 15.5. The molecule has 0 aliphatic carbocycles. The zero-order valence-corrected chi connectivity index (χ0v) is 26.5. The average molecular weight is 630 g/mol. The molecule has 0 aromatic heterocycles. The number of aliphatic hydroxyl groups excluding tert-OH is 1. The van der Waals surface area contributed by atoms with Gasteiger partial charge in [0.25, 0.3) is 11.8 Å². The van der Waals surface area contributed by atoms with Crippen LogP contribution in [0.4, 0.5) is 21.2 Å². The zero-order valence-electron chi connectivity index (χ0n) is 25.5. The van der Waals surface area contributed by atoms with Crippen molar-refractivity contribution >= 4 is 43.2 Å². The smallest absolute Gasteiger partial charge is 0.266 e. The molecule has 2 saturated heterocycles. The van der Waals surface area contributed by atoms with Gasteiger partial charge in [0.2, 0.25) is 14.3 Å². The first-order chi connectivity index (χ1) is 21.5. The molecular weight excluding hydrogens is 593 g/mol. The molecule has 4 aliphatic rings. The molecule has 0 saturated carbocycles. The van der Waals surface area contributed by atoms with Crippen LogP contribution >= 0.6 is 0 Å². The number of hydrogen-bond donors (Lipinski definition) is 2. The van der Waals surface area contributed by atoms with E-state index in [4.69, 9.17) is 9.47 Å². The summed E-state index contributed by atoms with van der Waals surface area (Å²) in [6, 6.07) is 19.3. The van der Waals surface area contributed by atoms with Gasteiger partial charge in [0.15, 0.2) is 11.4 Å². The van der Waals surface area contributed by atoms with Gasteiger partial charge in [0.1, 0.15) is 5.75 Å². The number of ether oxygens (including phenoxy) is 2. The highest BCUT2D eigenvalue weighted by molar-refractivity contribution is 6.72. The number of halogens is 1. The van der Waals surface area contributed by atoms with Gasteiger partial charge < -0.3 is 28.9 Å². The van der Waals surface area contributed by atoms with E-state index in [-0.39, 0.29) is 30.9 Å². The van der Waals surface area contributed by atoms with Crippen molar-refractivity contribution in [2.45, 2.75) is 62.6 Å². The fourth-order valence-electron chi connectivity index (χ4n) is 7.90. The monoisotopic (exact) mass is 629 g/mol. The van der Waals surface area contributed by atoms with E-state index in [1.807, 2.05) is 19.1 Å². The Morgan fingerprint density at radius 2 is 1.82 bits per heavy atom. The number of nitrogens with zero attached hydrogens (tertiary/aromatic N) is 2. The molecule has 0 radical (unpaired) electrons. The number of carbonyl (C=O) groups is 3. The highest BCUT2D eigenvalue weighted by atomic mass is 28.4. The molecule has 3 aromatic carbocycles. The number of anilines is 3. The minimum atomic E-state index is -3.48. The van der Waals surface area contributed by atoms with Crippen molar-refractivity contribution in [3.05, 3.63) is 77.9 Å². The van der Waals surface area contributed by atoms with E-state index in [9.17, 15) is 19.5 Å².